The summed E-state index contributed by atoms with van der Waals surface area (Å²) >= 11 is 0. The monoisotopic (exact) mass is 665 g/mol. The molecule has 0 fully saturated rings. The van der Waals surface area contributed by atoms with Crippen LogP contribution in [0.1, 0.15) is 25.0 Å². The second kappa shape index (κ2) is 11.8. The van der Waals surface area contributed by atoms with Gasteiger partial charge in [0.1, 0.15) is 0 Å². The van der Waals surface area contributed by atoms with Crippen LogP contribution in [0.2, 0.25) is 0 Å². The SMILES string of the molecule is CC1(C)c2ccccc2-c2cc(-c3cc(-c4nc(-c5ccccc5)cc(-c5ccccc5)n4)cc4c3c3ccccc3n4-c3ccccc3)ccc21. The van der Waals surface area contributed by atoms with Crippen molar-refractivity contribution in [2.24, 2.45) is 0 Å². The predicted octanol–water partition coefficient (Wildman–Crippen LogP) is 12.5. The van der Waals surface area contributed by atoms with E-state index in [4.69, 9.17) is 9.97 Å². The van der Waals surface area contributed by atoms with Gasteiger partial charge in [-0.3, -0.25) is 0 Å². The maximum atomic E-state index is 5.28. The summed E-state index contributed by atoms with van der Waals surface area (Å²) in [5.74, 6) is 0.695. The van der Waals surface area contributed by atoms with E-state index in [0.29, 0.717) is 5.82 Å². The van der Waals surface area contributed by atoms with Crippen LogP contribution in [0, 0.1) is 0 Å². The smallest absolute Gasteiger partial charge is 0.160 e. The van der Waals surface area contributed by atoms with Crippen molar-refractivity contribution in [3.63, 3.8) is 0 Å². The lowest BCUT2D eigenvalue weighted by molar-refractivity contribution is 0.660. The van der Waals surface area contributed by atoms with Crippen LogP contribution in [0.5, 0.6) is 0 Å². The maximum Gasteiger partial charge on any atom is 0.160 e. The Hall–Kier alpha value is -6.58. The van der Waals surface area contributed by atoms with Gasteiger partial charge in [0.05, 0.1) is 22.4 Å². The minimum atomic E-state index is -0.0650. The van der Waals surface area contributed by atoms with Crippen LogP contribution in [-0.4, -0.2) is 14.5 Å². The van der Waals surface area contributed by atoms with Gasteiger partial charge in [-0.1, -0.05) is 147 Å². The molecule has 0 saturated carbocycles. The van der Waals surface area contributed by atoms with Crippen LogP contribution in [0.4, 0.5) is 0 Å². The van der Waals surface area contributed by atoms with E-state index in [-0.39, 0.29) is 5.41 Å². The van der Waals surface area contributed by atoms with Crippen molar-refractivity contribution in [3.8, 4) is 61.8 Å². The average molecular weight is 666 g/mol. The predicted molar refractivity (Wildman–Crippen MR) is 216 cm³/mol. The fraction of sp³-hybridized carbons (Fsp3) is 0.0612. The Kier molecular flexibility index (Phi) is 6.84. The largest absolute Gasteiger partial charge is 0.309 e. The highest BCUT2D eigenvalue weighted by Gasteiger charge is 2.35. The highest BCUT2D eigenvalue weighted by molar-refractivity contribution is 6.17. The van der Waals surface area contributed by atoms with Crippen LogP contribution in [0.15, 0.2) is 176 Å². The Morgan fingerprint density at radius 1 is 0.423 bits per heavy atom. The third kappa shape index (κ3) is 4.74. The lowest BCUT2D eigenvalue weighted by atomic mass is 9.82. The van der Waals surface area contributed by atoms with E-state index in [9.17, 15) is 0 Å². The zero-order valence-corrected chi connectivity index (χ0v) is 29.1. The van der Waals surface area contributed by atoms with Crippen molar-refractivity contribution < 1.29 is 0 Å². The minimum Gasteiger partial charge on any atom is -0.309 e. The molecule has 10 rings (SSSR count). The molecule has 0 amide bonds. The van der Waals surface area contributed by atoms with E-state index in [2.05, 4.69) is 182 Å². The van der Waals surface area contributed by atoms with Crippen LogP contribution in [-0.2, 0) is 5.41 Å². The van der Waals surface area contributed by atoms with Crippen LogP contribution in [0.25, 0.3) is 83.6 Å². The molecule has 0 bridgehead atoms. The Morgan fingerprint density at radius 3 is 1.71 bits per heavy atom. The lowest BCUT2D eigenvalue weighted by Crippen LogP contribution is -2.14. The molecule has 52 heavy (non-hydrogen) atoms. The van der Waals surface area contributed by atoms with Gasteiger partial charge in [0, 0.05) is 38.6 Å². The molecular weight excluding hydrogens is 631 g/mol. The first-order valence-electron chi connectivity index (χ1n) is 17.9. The summed E-state index contributed by atoms with van der Waals surface area (Å²) in [7, 11) is 0. The van der Waals surface area contributed by atoms with Gasteiger partial charge in [0.25, 0.3) is 0 Å². The van der Waals surface area contributed by atoms with E-state index in [1.165, 1.54) is 49.7 Å². The zero-order chi connectivity index (χ0) is 34.8. The first-order chi connectivity index (χ1) is 25.5. The molecule has 0 radical (unpaired) electrons. The Balaban J connectivity index is 1.30. The van der Waals surface area contributed by atoms with E-state index < -0.39 is 0 Å². The third-order valence-electron chi connectivity index (χ3n) is 10.8. The molecular formula is C49H35N3. The van der Waals surface area contributed by atoms with Gasteiger partial charge in [-0.2, -0.15) is 0 Å². The lowest BCUT2D eigenvalue weighted by Gasteiger charge is -2.21. The molecule has 2 heterocycles. The standard InChI is InChI=1S/C49H35N3/c1-49(2)41-24-14-12-22-37(41)40-28-34(26-27-42(40)49)39-29-35(30-46-47(39)38-23-13-15-25-45(38)52(46)36-20-10-5-11-21-36)48-50-43(32-16-6-3-7-17-32)31-44(51-48)33-18-8-4-9-19-33/h3-31H,1-2H3. The van der Waals surface area contributed by atoms with E-state index >= 15 is 0 Å². The molecule has 0 N–H and O–H groups in total. The second-order valence-corrected chi connectivity index (χ2v) is 14.2. The molecule has 0 aliphatic heterocycles. The topological polar surface area (TPSA) is 30.7 Å². The van der Waals surface area contributed by atoms with Gasteiger partial charge in [-0.25, -0.2) is 9.97 Å². The molecule has 7 aromatic carbocycles. The maximum absolute atomic E-state index is 5.28. The number of rotatable bonds is 5. The summed E-state index contributed by atoms with van der Waals surface area (Å²) in [6.45, 7) is 4.68. The summed E-state index contributed by atoms with van der Waals surface area (Å²) in [5.41, 5.74) is 15.9. The van der Waals surface area contributed by atoms with Gasteiger partial charge in [-0.15, -0.1) is 0 Å². The third-order valence-corrected chi connectivity index (χ3v) is 10.8. The summed E-state index contributed by atoms with van der Waals surface area (Å²) in [5, 5.41) is 2.43. The summed E-state index contributed by atoms with van der Waals surface area (Å²) in [6.07, 6.45) is 0. The van der Waals surface area contributed by atoms with Gasteiger partial charge in [-0.05, 0) is 75.8 Å². The molecule has 1 aliphatic rings. The first-order valence-corrected chi connectivity index (χ1v) is 17.9. The Labute approximate surface area is 303 Å². The number of benzene rings is 7. The molecule has 246 valence electrons. The number of hydrogen-bond donors (Lipinski definition) is 0. The average Bonchev–Trinajstić information content (AvgIpc) is 3.66. The second-order valence-electron chi connectivity index (χ2n) is 14.2. The van der Waals surface area contributed by atoms with Gasteiger partial charge in [0.2, 0.25) is 0 Å². The highest BCUT2D eigenvalue weighted by atomic mass is 15.0. The quantitative estimate of drug-likeness (QED) is 0.183. The number of para-hydroxylation sites is 2. The van der Waals surface area contributed by atoms with Gasteiger partial charge >= 0.3 is 0 Å². The number of hydrogen-bond acceptors (Lipinski definition) is 2. The normalized spacial score (nSPS) is 13.0. The molecule has 0 spiro atoms. The fourth-order valence-electron chi connectivity index (χ4n) is 8.29. The molecule has 0 unspecified atom stereocenters. The van der Waals surface area contributed by atoms with Crippen molar-refractivity contribution in [2.45, 2.75) is 19.3 Å². The van der Waals surface area contributed by atoms with Crippen molar-refractivity contribution in [1.82, 2.24) is 14.5 Å². The van der Waals surface area contributed by atoms with Crippen LogP contribution in [0.3, 0.4) is 0 Å². The molecule has 2 aromatic heterocycles. The Morgan fingerprint density at radius 2 is 1.00 bits per heavy atom. The summed E-state index contributed by atoms with van der Waals surface area (Å²) < 4.78 is 2.39. The van der Waals surface area contributed by atoms with Crippen LogP contribution >= 0.6 is 0 Å². The Bertz CT molecular complexity index is 2740. The number of nitrogens with zero attached hydrogens (tertiary/aromatic N) is 3. The molecule has 9 aromatic rings. The van der Waals surface area contributed by atoms with E-state index in [1.54, 1.807) is 0 Å². The number of fused-ring (bicyclic) bond motifs is 6. The molecule has 3 nitrogen and oxygen atoms in total. The minimum absolute atomic E-state index is 0.0650. The van der Waals surface area contributed by atoms with Crippen molar-refractivity contribution >= 4 is 21.8 Å². The first kappa shape index (κ1) is 30.3. The van der Waals surface area contributed by atoms with E-state index in [1.807, 2.05) is 12.1 Å². The highest BCUT2D eigenvalue weighted by Crippen LogP contribution is 2.50. The fourth-order valence-corrected chi connectivity index (χ4v) is 8.29. The van der Waals surface area contributed by atoms with Crippen molar-refractivity contribution in [1.29, 1.82) is 0 Å². The molecule has 3 heteroatoms. The molecule has 0 saturated heterocycles. The van der Waals surface area contributed by atoms with Crippen molar-refractivity contribution in [3.05, 3.63) is 187 Å². The molecule has 1 aliphatic carbocycles. The molecule has 0 atom stereocenters. The van der Waals surface area contributed by atoms with Gasteiger partial charge < -0.3 is 4.57 Å². The summed E-state index contributed by atoms with van der Waals surface area (Å²) in [4.78, 5) is 10.6. The van der Waals surface area contributed by atoms with Gasteiger partial charge in [0.15, 0.2) is 5.82 Å². The van der Waals surface area contributed by atoms with Crippen molar-refractivity contribution in [2.75, 3.05) is 0 Å². The zero-order valence-electron chi connectivity index (χ0n) is 29.1. The number of aromatic nitrogens is 3. The van der Waals surface area contributed by atoms with Crippen LogP contribution < -0.4 is 0 Å². The summed E-state index contributed by atoms with van der Waals surface area (Å²) in [6, 6.07) is 62.9. The van der Waals surface area contributed by atoms with E-state index in [0.717, 1.165) is 39.3 Å².